The van der Waals surface area contributed by atoms with Crippen molar-refractivity contribution < 1.29 is 4.79 Å². The molecule has 0 spiro atoms. The number of thiazole rings is 1. The summed E-state index contributed by atoms with van der Waals surface area (Å²) < 4.78 is 2.03. The van der Waals surface area contributed by atoms with Crippen molar-refractivity contribution in [1.29, 1.82) is 0 Å². The van der Waals surface area contributed by atoms with Gasteiger partial charge in [0, 0.05) is 0 Å². The van der Waals surface area contributed by atoms with E-state index in [0.717, 1.165) is 14.6 Å². The fourth-order valence-corrected chi connectivity index (χ4v) is 3.97. The summed E-state index contributed by atoms with van der Waals surface area (Å²) in [5.41, 5.74) is 0.972. The van der Waals surface area contributed by atoms with Crippen molar-refractivity contribution in [3.05, 3.63) is 36.4 Å². The molecule has 1 atom stereocenters. The molecule has 2 N–H and O–H groups in total. The second-order valence-electron chi connectivity index (χ2n) is 4.36. The Morgan fingerprint density at radius 2 is 2.33 bits per heavy atom. The predicted molar refractivity (Wildman–Crippen MR) is 83.2 cm³/mol. The first-order valence-corrected chi connectivity index (χ1v) is 8.06. The fraction of sp³-hybridized carbons (Fsp3) is 0.231. The van der Waals surface area contributed by atoms with E-state index in [4.69, 9.17) is 0 Å². The first kappa shape index (κ1) is 14.0. The van der Waals surface area contributed by atoms with E-state index in [2.05, 4.69) is 25.5 Å². The number of hydrogen-bond acceptors (Lipinski definition) is 6. The normalized spacial score (nSPS) is 12.4. The molecule has 0 aliphatic heterocycles. The van der Waals surface area contributed by atoms with Gasteiger partial charge < -0.3 is 5.32 Å². The Labute approximate surface area is 129 Å². The van der Waals surface area contributed by atoms with Crippen molar-refractivity contribution >= 4 is 39.2 Å². The SMILES string of the molecule is CC(Sc1nc2ccccc2s1)C(=O)NCc1ncn[nH]1. The quantitative estimate of drug-likeness (QED) is 0.705. The van der Waals surface area contributed by atoms with Crippen molar-refractivity contribution in [3.63, 3.8) is 0 Å². The van der Waals surface area contributed by atoms with Crippen LogP contribution in [-0.4, -0.2) is 31.3 Å². The van der Waals surface area contributed by atoms with Crippen molar-refractivity contribution in [2.24, 2.45) is 0 Å². The molecular formula is C13H13N5OS2. The number of aromatic nitrogens is 4. The molecule has 3 rings (SSSR count). The summed E-state index contributed by atoms with van der Waals surface area (Å²) in [6.45, 7) is 2.22. The number of amides is 1. The number of carbonyl (C=O) groups excluding carboxylic acids is 1. The molecule has 0 aliphatic carbocycles. The summed E-state index contributed by atoms with van der Waals surface area (Å²) in [6.07, 6.45) is 1.42. The highest BCUT2D eigenvalue weighted by molar-refractivity contribution is 8.02. The number of rotatable bonds is 5. The summed E-state index contributed by atoms with van der Waals surface area (Å²) in [6, 6.07) is 7.96. The lowest BCUT2D eigenvalue weighted by molar-refractivity contribution is -0.120. The van der Waals surface area contributed by atoms with Crippen LogP contribution in [0.5, 0.6) is 0 Å². The van der Waals surface area contributed by atoms with Crippen LogP contribution in [0, 0.1) is 0 Å². The van der Waals surface area contributed by atoms with E-state index in [1.54, 1.807) is 11.3 Å². The summed E-state index contributed by atoms with van der Waals surface area (Å²) in [5, 5.41) is 9.05. The Balaban J connectivity index is 1.59. The molecule has 2 heterocycles. The standard InChI is InChI=1S/C13H13N5OS2/c1-8(12(19)14-6-11-15-7-16-18-11)20-13-17-9-4-2-3-5-10(9)21-13/h2-5,7-8H,6H2,1H3,(H,14,19)(H,15,16,18). The third kappa shape index (κ3) is 3.40. The van der Waals surface area contributed by atoms with Crippen molar-refractivity contribution in [3.8, 4) is 0 Å². The average molecular weight is 319 g/mol. The van der Waals surface area contributed by atoms with E-state index in [0.29, 0.717) is 12.4 Å². The number of benzene rings is 1. The number of fused-ring (bicyclic) bond motifs is 1. The smallest absolute Gasteiger partial charge is 0.233 e. The highest BCUT2D eigenvalue weighted by Crippen LogP contribution is 2.31. The maximum atomic E-state index is 12.0. The molecule has 0 fully saturated rings. The van der Waals surface area contributed by atoms with Gasteiger partial charge >= 0.3 is 0 Å². The number of carbonyl (C=O) groups is 1. The van der Waals surface area contributed by atoms with Gasteiger partial charge in [0.05, 0.1) is 22.0 Å². The van der Waals surface area contributed by atoms with E-state index >= 15 is 0 Å². The minimum absolute atomic E-state index is 0.0457. The van der Waals surface area contributed by atoms with Crippen molar-refractivity contribution in [1.82, 2.24) is 25.5 Å². The molecule has 21 heavy (non-hydrogen) atoms. The lowest BCUT2D eigenvalue weighted by Gasteiger charge is -2.08. The fourth-order valence-electron chi connectivity index (χ4n) is 1.74. The van der Waals surface area contributed by atoms with Gasteiger partial charge in [0.1, 0.15) is 12.2 Å². The lowest BCUT2D eigenvalue weighted by Crippen LogP contribution is -2.30. The molecule has 0 bridgehead atoms. The number of nitrogens with one attached hydrogen (secondary N) is 2. The second kappa shape index (κ2) is 6.23. The molecule has 108 valence electrons. The molecular weight excluding hydrogens is 306 g/mol. The summed E-state index contributed by atoms with van der Waals surface area (Å²) in [5.74, 6) is 0.594. The first-order chi connectivity index (χ1) is 10.2. The van der Waals surface area contributed by atoms with Gasteiger partial charge in [0.2, 0.25) is 5.91 Å². The van der Waals surface area contributed by atoms with Crippen LogP contribution in [0.3, 0.4) is 0 Å². The average Bonchev–Trinajstić information content (AvgIpc) is 3.13. The van der Waals surface area contributed by atoms with Gasteiger partial charge in [-0.1, -0.05) is 23.9 Å². The summed E-state index contributed by atoms with van der Waals surface area (Å²) >= 11 is 3.07. The van der Waals surface area contributed by atoms with Crippen LogP contribution in [-0.2, 0) is 11.3 Å². The predicted octanol–water partition coefficient (Wildman–Crippen LogP) is 2.21. The Morgan fingerprint density at radius 3 is 3.10 bits per heavy atom. The van der Waals surface area contributed by atoms with E-state index in [-0.39, 0.29) is 11.2 Å². The monoisotopic (exact) mass is 319 g/mol. The van der Waals surface area contributed by atoms with Crippen molar-refractivity contribution in [2.75, 3.05) is 0 Å². The number of aromatic amines is 1. The van der Waals surface area contributed by atoms with Gasteiger partial charge in [-0.05, 0) is 19.1 Å². The molecule has 0 radical (unpaired) electrons. The molecule has 1 aromatic carbocycles. The van der Waals surface area contributed by atoms with Crippen LogP contribution < -0.4 is 5.32 Å². The molecule has 0 saturated heterocycles. The number of thioether (sulfide) groups is 1. The second-order valence-corrected chi connectivity index (χ2v) is 6.98. The number of H-pyrrole nitrogens is 1. The zero-order chi connectivity index (χ0) is 14.7. The van der Waals surface area contributed by atoms with Crippen LogP contribution in [0.1, 0.15) is 12.7 Å². The maximum Gasteiger partial charge on any atom is 0.233 e. The largest absolute Gasteiger partial charge is 0.348 e. The van der Waals surface area contributed by atoms with E-state index in [1.165, 1.54) is 18.1 Å². The molecule has 0 aliphatic rings. The first-order valence-electron chi connectivity index (χ1n) is 6.36. The molecule has 8 heteroatoms. The maximum absolute atomic E-state index is 12.0. The van der Waals surface area contributed by atoms with Gasteiger partial charge in [-0.3, -0.25) is 9.89 Å². The molecule has 1 unspecified atom stereocenters. The van der Waals surface area contributed by atoms with Crippen molar-refractivity contribution in [2.45, 2.75) is 23.1 Å². The van der Waals surface area contributed by atoms with E-state index < -0.39 is 0 Å². The summed E-state index contributed by atoms with van der Waals surface area (Å²) in [7, 11) is 0. The highest BCUT2D eigenvalue weighted by Gasteiger charge is 2.16. The van der Waals surface area contributed by atoms with Crippen LogP contribution in [0.25, 0.3) is 10.2 Å². The zero-order valence-electron chi connectivity index (χ0n) is 11.2. The third-order valence-electron chi connectivity index (χ3n) is 2.82. The molecule has 3 aromatic rings. The Bertz CT molecular complexity index is 707. The van der Waals surface area contributed by atoms with Gasteiger partial charge in [-0.15, -0.1) is 11.3 Å². The number of nitrogens with zero attached hydrogens (tertiary/aromatic N) is 3. The van der Waals surface area contributed by atoms with Crippen LogP contribution in [0.15, 0.2) is 34.9 Å². The van der Waals surface area contributed by atoms with Gasteiger partial charge in [0.25, 0.3) is 0 Å². The Kier molecular flexibility index (Phi) is 4.16. The third-order valence-corrected chi connectivity index (χ3v) is 5.05. The van der Waals surface area contributed by atoms with E-state index in [9.17, 15) is 4.79 Å². The zero-order valence-corrected chi connectivity index (χ0v) is 12.9. The lowest BCUT2D eigenvalue weighted by atomic mass is 10.3. The van der Waals surface area contributed by atoms with Gasteiger partial charge in [-0.2, -0.15) is 5.10 Å². The van der Waals surface area contributed by atoms with Crippen LogP contribution >= 0.6 is 23.1 Å². The Morgan fingerprint density at radius 1 is 1.48 bits per heavy atom. The minimum atomic E-state index is -0.214. The van der Waals surface area contributed by atoms with Gasteiger partial charge in [-0.25, -0.2) is 9.97 Å². The minimum Gasteiger partial charge on any atom is -0.348 e. The Hall–Kier alpha value is -1.93. The molecule has 1 amide bonds. The van der Waals surface area contributed by atoms with E-state index in [1.807, 2.05) is 31.2 Å². The number of para-hydroxylation sites is 1. The van der Waals surface area contributed by atoms with Gasteiger partial charge in [0.15, 0.2) is 4.34 Å². The van der Waals surface area contributed by atoms with Crippen LogP contribution in [0.2, 0.25) is 0 Å². The number of hydrogen-bond donors (Lipinski definition) is 2. The molecule has 0 saturated carbocycles. The summed E-state index contributed by atoms with van der Waals surface area (Å²) in [4.78, 5) is 20.5. The highest BCUT2D eigenvalue weighted by atomic mass is 32.2. The topological polar surface area (TPSA) is 83.6 Å². The molecule has 2 aromatic heterocycles. The van der Waals surface area contributed by atoms with Crippen LogP contribution in [0.4, 0.5) is 0 Å². The molecule has 6 nitrogen and oxygen atoms in total.